The van der Waals surface area contributed by atoms with E-state index in [4.69, 9.17) is 14.2 Å². The molecule has 2 aromatic carbocycles. The normalized spacial score (nSPS) is 15.6. The second-order valence-electron chi connectivity index (χ2n) is 6.23. The smallest absolute Gasteiger partial charge is 0.160 e. The van der Waals surface area contributed by atoms with Gasteiger partial charge in [-0.1, -0.05) is 18.2 Å². The summed E-state index contributed by atoms with van der Waals surface area (Å²) in [5.41, 5.74) is 2.27. The van der Waals surface area contributed by atoms with E-state index in [0.717, 1.165) is 48.4 Å². The Balaban J connectivity index is 1.44. The summed E-state index contributed by atoms with van der Waals surface area (Å²) in [6, 6.07) is 14.6. The molecule has 25 heavy (non-hydrogen) atoms. The van der Waals surface area contributed by atoms with Crippen molar-refractivity contribution in [2.45, 2.75) is 19.1 Å². The van der Waals surface area contributed by atoms with Gasteiger partial charge in [0.25, 0.3) is 0 Å². The fourth-order valence-corrected chi connectivity index (χ4v) is 3.11. The van der Waals surface area contributed by atoms with Crippen molar-refractivity contribution in [2.24, 2.45) is 7.05 Å². The van der Waals surface area contributed by atoms with E-state index in [1.165, 1.54) is 5.39 Å². The molecule has 0 unspecified atom stereocenters. The second kappa shape index (κ2) is 7.25. The molecule has 0 N–H and O–H groups in total. The summed E-state index contributed by atoms with van der Waals surface area (Å²) >= 11 is 0. The molecule has 0 atom stereocenters. The van der Waals surface area contributed by atoms with Crippen LogP contribution in [0.15, 0.2) is 48.7 Å². The van der Waals surface area contributed by atoms with Crippen LogP contribution in [0.2, 0.25) is 0 Å². The summed E-state index contributed by atoms with van der Waals surface area (Å²) < 4.78 is 18.8. The van der Waals surface area contributed by atoms with Crippen LogP contribution in [0.4, 0.5) is 0 Å². The molecule has 2 heterocycles. The molecule has 1 aliphatic rings. The zero-order valence-electron chi connectivity index (χ0n) is 14.4. The Hall–Kier alpha value is -2.37. The summed E-state index contributed by atoms with van der Waals surface area (Å²) in [5.74, 6) is 0.872. The Morgan fingerprint density at radius 1 is 1.08 bits per heavy atom. The molecule has 0 bridgehead atoms. The van der Waals surface area contributed by atoms with Gasteiger partial charge in [-0.3, -0.25) is 4.68 Å². The molecule has 130 valence electrons. The lowest BCUT2D eigenvalue weighted by atomic mass is 10.0. The van der Waals surface area contributed by atoms with Crippen LogP contribution in [0, 0.1) is 0 Å². The van der Waals surface area contributed by atoms with E-state index < -0.39 is 0 Å². The summed E-state index contributed by atoms with van der Waals surface area (Å²) in [5, 5.41) is 6.58. The van der Waals surface area contributed by atoms with Crippen LogP contribution < -0.4 is 4.74 Å². The van der Waals surface area contributed by atoms with Crippen LogP contribution >= 0.6 is 0 Å². The maximum Gasteiger partial charge on any atom is 0.160 e. The summed E-state index contributed by atoms with van der Waals surface area (Å²) in [4.78, 5) is 0. The highest BCUT2D eigenvalue weighted by atomic mass is 16.7. The first-order valence-electron chi connectivity index (χ1n) is 8.68. The molecule has 1 saturated heterocycles. The predicted octanol–water partition coefficient (Wildman–Crippen LogP) is 3.77. The first-order valence-corrected chi connectivity index (χ1v) is 8.68. The van der Waals surface area contributed by atoms with Crippen LogP contribution in [0.1, 0.15) is 12.8 Å². The number of rotatable bonds is 5. The maximum atomic E-state index is 5.86. The van der Waals surface area contributed by atoms with Gasteiger partial charge in [-0.15, -0.1) is 0 Å². The number of aromatic nitrogens is 2. The Morgan fingerprint density at radius 3 is 2.68 bits per heavy atom. The van der Waals surface area contributed by atoms with Crippen LogP contribution in [-0.2, 0) is 16.5 Å². The molecule has 1 fully saturated rings. The van der Waals surface area contributed by atoms with E-state index >= 15 is 0 Å². The topological polar surface area (TPSA) is 45.5 Å². The first kappa shape index (κ1) is 16.1. The Kier molecular flexibility index (Phi) is 4.68. The van der Waals surface area contributed by atoms with Gasteiger partial charge in [0.2, 0.25) is 0 Å². The SMILES string of the molecule is Cn1nccc1-c1ccc2cc(OCCC3OCCCO3)ccc2c1. The van der Waals surface area contributed by atoms with Crippen molar-refractivity contribution in [1.29, 1.82) is 0 Å². The average molecular weight is 338 g/mol. The number of nitrogens with zero attached hydrogens (tertiary/aromatic N) is 2. The molecule has 0 aliphatic carbocycles. The highest BCUT2D eigenvalue weighted by Crippen LogP contribution is 2.27. The summed E-state index contributed by atoms with van der Waals surface area (Å²) in [6.07, 6.45) is 3.41. The van der Waals surface area contributed by atoms with Gasteiger partial charge in [-0.2, -0.15) is 5.10 Å². The third kappa shape index (κ3) is 3.67. The molecule has 1 aliphatic heterocycles. The molecule has 4 rings (SSSR count). The molecule has 0 amide bonds. The molecule has 3 aromatic rings. The van der Waals surface area contributed by atoms with Crippen molar-refractivity contribution in [2.75, 3.05) is 19.8 Å². The molecule has 0 radical (unpaired) electrons. The third-order valence-electron chi connectivity index (χ3n) is 4.45. The van der Waals surface area contributed by atoms with Crippen molar-refractivity contribution in [1.82, 2.24) is 9.78 Å². The number of hydrogen-bond donors (Lipinski definition) is 0. The standard InChI is InChI=1S/C20H22N2O3/c1-22-19(7-9-21-22)17-4-3-16-14-18(6-5-15(16)13-17)23-12-8-20-24-10-2-11-25-20/h3-7,9,13-14,20H,2,8,10-12H2,1H3. The minimum atomic E-state index is -0.129. The molecular weight excluding hydrogens is 316 g/mol. The van der Waals surface area contributed by atoms with Crippen LogP contribution in [-0.4, -0.2) is 35.9 Å². The van der Waals surface area contributed by atoms with E-state index in [-0.39, 0.29) is 6.29 Å². The largest absolute Gasteiger partial charge is 0.493 e. The predicted molar refractivity (Wildman–Crippen MR) is 96.6 cm³/mol. The zero-order chi connectivity index (χ0) is 17.1. The van der Waals surface area contributed by atoms with Gasteiger partial charge in [0.1, 0.15) is 5.75 Å². The van der Waals surface area contributed by atoms with Crippen molar-refractivity contribution >= 4 is 10.8 Å². The molecule has 0 spiro atoms. The quantitative estimate of drug-likeness (QED) is 0.710. The minimum Gasteiger partial charge on any atom is -0.493 e. The lowest BCUT2D eigenvalue weighted by molar-refractivity contribution is -0.183. The van der Waals surface area contributed by atoms with Gasteiger partial charge < -0.3 is 14.2 Å². The number of fused-ring (bicyclic) bond motifs is 1. The molecule has 5 heteroatoms. The molecule has 5 nitrogen and oxygen atoms in total. The average Bonchev–Trinajstić information content (AvgIpc) is 3.08. The van der Waals surface area contributed by atoms with Gasteiger partial charge in [0, 0.05) is 25.2 Å². The number of ether oxygens (including phenoxy) is 3. The number of aryl methyl sites for hydroxylation is 1. The van der Waals surface area contributed by atoms with E-state index in [1.807, 2.05) is 30.1 Å². The Morgan fingerprint density at radius 2 is 1.88 bits per heavy atom. The summed E-state index contributed by atoms with van der Waals surface area (Å²) in [7, 11) is 1.95. The van der Waals surface area contributed by atoms with Gasteiger partial charge in [-0.05, 0) is 41.5 Å². The van der Waals surface area contributed by atoms with Crippen molar-refractivity contribution < 1.29 is 14.2 Å². The fourth-order valence-electron chi connectivity index (χ4n) is 3.11. The molecule has 1 aromatic heterocycles. The molecule has 0 saturated carbocycles. The fraction of sp³-hybridized carbons (Fsp3) is 0.350. The third-order valence-corrected chi connectivity index (χ3v) is 4.45. The van der Waals surface area contributed by atoms with Gasteiger partial charge >= 0.3 is 0 Å². The van der Waals surface area contributed by atoms with Crippen molar-refractivity contribution in [3.8, 4) is 17.0 Å². The van der Waals surface area contributed by atoms with Gasteiger partial charge in [0.15, 0.2) is 6.29 Å². The number of benzene rings is 2. The Bertz CT molecular complexity index is 853. The summed E-state index contributed by atoms with van der Waals surface area (Å²) in [6.45, 7) is 2.14. The zero-order valence-corrected chi connectivity index (χ0v) is 14.4. The van der Waals surface area contributed by atoms with Crippen molar-refractivity contribution in [3.63, 3.8) is 0 Å². The van der Waals surface area contributed by atoms with Crippen LogP contribution in [0.3, 0.4) is 0 Å². The van der Waals surface area contributed by atoms with E-state index in [9.17, 15) is 0 Å². The highest BCUT2D eigenvalue weighted by molar-refractivity contribution is 5.87. The van der Waals surface area contributed by atoms with E-state index in [1.54, 1.807) is 0 Å². The lowest BCUT2D eigenvalue weighted by Gasteiger charge is -2.23. The van der Waals surface area contributed by atoms with E-state index in [0.29, 0.717) is 6.61 Å². The van der Waals surface area contributed by atoms with Gasteiger partial charge in [-0.25, -0.2) is 0 Å². The molecular formula is C20H22N2O3. The van der Waals surface area contributed by atoms with E-state index in [2.05, 4.69) is 35.4 Å². The van der Waals surface area contributed by atoms with Crippen LogP contribution in [0.25, 0.3) is 22.0 Å². The highest BCUT2D eigenvalue weighted by Gasteiger charge is 2.14. The van der Waals surface area contributed by atoms with Gasteiger partial charge in [0.05, 0.1) is 25.5 Å². The van der Waals surface area contributed by atoms with Crippen LogP contribution in [0.5, 0.6) is 5.75 Å². The monoisotopic (exact) mass is 338 g/mol. The second-order valence-corrected chi connectivity index (χ2v) is 6.23. The minimum absolute atomic E-state index is 0.129. The lowest BCUT2D eigenvalue weighted by Crippen LogP contribution is -2.26. The maximum absolute atomic E-state index is 5.86. The number of hydrogen-bond acceptors (Lipinski definition) is 4. The Labute approximate surface area is 147 Å². The first-order chi connectivity index (χ1) is 12.3. The van der Waals surface area contributed by atoms with Crippen molar-refractivity contribution in [3.05, 3.63) is 48.7 Å².